The van der Waals surface area contributed by atoms with Gasteiger partial charge in [-0.1, -0.05) is 44.2 Å². The standard InChI is InChI=1S/C35H41FN6O4.C2H6/c1-39-14-16-40(17-15-39)12-5-11-38-35(44)27-23-42-29-9-8-24-6-2-3-7-25(24)33(29)46-34-30(28(36)22-26(31(34)42)32(27)43)37-10-4-13-41-18-20-45-21-19-41;1-2/h2-3,6-9,22-23,37H,4-5,10-21H2,1H3,(H,38,44);1-2H3. The zero-order valence-corrected chi connectivity index (χ0v) is 28.3. The predicted octanol–water partition coefficient (Wildman–Crippen LogP) is 4.92. The number of morpholine rings is 1. The number of amides is 1. The number of fused-ring (bicyclic) bond motifs is 4. The van der Waals surface area contributed by atoms with Gasteiger partial charge < -0.3 is 34.5 Å². The van der Waals surface area contributed by atoms with E-state index in [-0.39, 0.29) is 22.4 Å². The van der Waals surface area contributed by atoms with Gasteiger partial charge in [0.25, 0.3) is 5.91 Å². The Morgan fingerprint density at radius 2 is 1.58 bits per heavy atom. The Hall–Kier alpha value is -4.03. The minimum atomic E-state index is -0.592. The van der Waals surface area contributed by atoms with Gasteiger partial charge >= 0.3 is 0 Å². The molecule has 1 amide bonds. The van der Waals surface area contributed by atoms with Gasteiger partial charge in [0.05, 0.1) is 24.3 Å². The highest BCUT2D eigenvalue weighted by Gasteiger charge is 2.29. The first-order valence-corrected chi connectivity index (χ1v) is 17.3. The molecule has 4 aromatic rings. The van der Waals surface area contributed by atoms with Crippen LogP contribution in [0.5, 0.6) is 11.5 Å². The third-order valence-electron chi connectivity index (χ3n) is 9.35. The second-order valence-electron chi connectivity index (χ2n) is 12.4. The summed E-state index contributed by atoms with van der Waals surface area (Å²) in [7, 11) is 2.12. The third kappa shape index (κ3) is 7.05. The second kappa shape index (κ2) is 15.5. The molecule has 0 atom stereocenters. The maximum Gasteiger partial charge on any atom is 0.256 e. The van der Waals surface area contributed by atoms with Crippen molar-refractivity contribution in [2.75, 3.05) is 91.0 Å². The summed E-state index contributed by atoms with van der Waals surface area (Å²) < 4.78 is 29.7. The number of aromatic nitrogens is 1. The van der Waals surface area contributed by atoms with E-state index < -0.39 is 17.2 Å². The number of hydrogen-bond acceptors (Lipinski definition) is 8. The maximum atomic E-state index is 15.9. The van der Waals surface area contributed by atoms with Crippen LogP contribution in [0.15, 0.2) is 53.5 Å². The third-order valence-corrected chi connectivity index (χ3v) is 9.35. The van der Waals surface area contributed by atoms with E-state index in [0.717, 1.165) is 89.2 Å². The van der Waals surface area contributed by atoms with Crippen LogP contribution in [0.25, 0.3) is 27.4 Å². The molecule has 0 unspecified atom stereocenters. The Labute approximate surface area is 281 Å². The van der Waals surface area contributed by atoms with Crippen LogP contribution in [0, 0.1) is 5.82 Å². The molecule has 2 saturated heterocycles. The summed E-state index contributed by atoms with van der Waals surface area (Å²) in [4.78, 5) is 34.3. The number of carbonyl (C=O) groups excluding carboxylic acids is 1. The van der Waals surface area contributed by atoms with Crippen molar-refractivity contribution in [1.29, 1.82) is 0 Å². The normalized spacial score (nSPS) is 16.6. The van der Waals surface area contributed by atoms with Gasteiger partial charge in [-0.05, 0) is 50.5 Å². The van der Waals surface area contributed by atoms with Crippen LogP contribution in [-0.2, 0) is 4.74 Å². The fourth-order valence-corrected chi connectivity index (χ4v) is 6.68. The van der Waals surface area contributed by atoms with Crippen LogP contribution in [0.4, 0.5) is 10.1 Å². The van der Waals surface area contributed by atoms with Crippen molar-refractivity contribution in [3.8, 4) is 17.2 Å². The molecule has 3 aliphatic rings. The molecule has 4 heterocycles. The molecule has 48 heavy (non-hydrogen) atoms. The van der Waals surface area contributed by atoms with Crippen molar-refractivity contribution < 1.29 is 18.7 Å². The van der Waals surface area contributed by atoms with Gasteiger partial charge in [-0.2, -0.15) is 0 Å². The minimum Gasteiger partial charge on any atom is -0.450 e. The molecule has 256 valence electrons. The summed E-state index contributed by atoms with van der Waals surface area (Å²) in [5.41, 5.74) is 0.795. The van der Waals surface area contributed by atoms with Gasteiger partial charge in [-0.3, -0.25) is 14.5 Å². The molecule has 0 bridgehead atoms. The van der Waals surface area contributed by atoms with E-state index in [1.54, 1.807) is 6.20 Å². The Morgan fingerprint density at radius 1 is 0.875 bits per heavy atom. The molecule has 2 N–H and O–H groups in total. The highest BCUT2D eigenvalue weighted by atomic mass is 19.1. The number of pyridine rings is 1. The Kier molecular flexibility index (Phi) is 10.9. The zero-order valence-electron chi connectivity index (χ0n) is 28.3. The molecule has 0 radical (unpaired) electrons. The lowest BCUT2D eigenvalue weighted by atomic mass is 10.0. The number of nitrogens with one attached hydrogen (secondary N) is 2. The molecule has 11 heteroatoms. The summed E-state index contributed by atoms with van der Waals surface area (Å²) in [6.45, 7) is 14.0. The average Bonchev–Trinajstić information content (AvgIpc) is 3.12. The summed E-state index contributed by atoms with van der Waals surface area (Å²) in [6.07, 6.45) is 3.16. The van der Waals surface area contributed by atoms with Crippen LogP contribution in [0.3, 0.4) is 0 Å². The zero-order chi connectivity index (χ0) is 33.6. The molecule has 0 spiro atoms. The van der Waals surface area contributed by atoms with Crippen LogP contribution in [0.2, 0.25) is 0 Å². The molecular formula is C37H47FN6O4. The van der Waals surface area contributed by atoms with Gasteiger partial charge in [0, 0.05) is 63.9 Å². The van der Waals surface area contributed by atoms with Crippen LogP contribution in [-0.4, -0.2) is 111 Å². The number of hydrogen-bond donors (Lipinski definition) is 2. The van der Waals surface area contributed by atoms with E-state index >= 15 is 4.39 Å². The SMILES string of the molecule is CC.CN1CCN(CCCNC(=O)c2cn3c4c(c(NCCCN5CCOCC5)c(F)cc4c2=O)Oc2c-3ccc3ccccc23)CC1. The Balaban J connectivity index is 0.00000197. The topological polar surface area (TPSA) is 91.3 Å². The number of nitrogens with zero attached hydrogens (tertiary/aromatic N) is 4. The summed E-state index contributed by atoms with van der Waals surface area (Å²) in [5, 5.41) is 8.14. The van der Waals surface area contributed by atoms with Gasteiger partial charge in [-0.15, -0.1) is 0 Å². The van der Waals surface area contributed by atoms with Crippen molar-refractivity contribution in [1.82, 2.24) is 24.6 Å². The van der Waals surface area contributed by atoms with E-state index in [2.05, 4.69) is 32.4 Å². The quantitative estimate of drug-likeness (QED) is 0.205. The van der Waals surface area contributed by atoms with Gasteiger partial charge in [0.2, 0.25) is 5.43 Å². The smallest absolute Gasteiger partial charge is 0.256 e. The number of anilines is 1. The Morgan fingerprint density at radius 3 is 2.35 bits per heavy atom. The molecule has 1 aromatic heterocycles. The molecule has 3 aromatic carbocycles. The van der Waals surface area contributed by atoms with Gasteiger partial charge in [0.1, 0.15) is 16.8 Å². The largest absolute Gasteiger partial charge is 0.450 e. The van der Waals surface area contributed by atoms with Crippen molar-refractivity contribution in [2.24, 2.45) is 0 Å². The molecular weight excluding hydrogens is 611 g/mol. The van der Waals surface area contributed by atoms with Crippen molar-refractivity contribution in [2.45, 2.75) is 26.7 Å². The van der Waals surface area contributed by atoms with Crippen LogP contribution < -0.4 is 20.8 Å². The monoisotopic (exact) mass is 658 g/mol. The number of piperazine rings is 1. The first kappa shape index (κ1) is 33.9. The number of likely N-dealkylation sites (N-methyl/N-ethyl adjacent to an activating group) is 1. The Bertz CT molecular complexity index is 1810. The number of ether oxygens (including phenoxy) is 2. The number of halogens is 1. The molecule has 10 nitrogen and oxygen atoms in total. The molecule has 2 fully saturated rings. The van der Waals surface area contributed by atoms with E-state index in [9.17, 15) is 9.59 Å². The van der Waals surface area contributed by atoms with E-state index in [1.165, 1.54) is 6.07 Å². The number of carbonyl (C=O) groups is 1. The fraction of sp³-hybridized carbons (Fsp3) is 0.459. The summed E-state index contributed by atoms with van der Waals surface area (Å²) >= 11 is 0. The number of rotatable bonds is 10. The van der Waals surface area contributed by atoms with Gasteiger partial charge in [-0.25, -0.2) is 4.39 Å². The van der Waals surface area contributed by atoms with Gasteiger partial charge in [0.15, 0.2) is 17.3 Å². The highest BCUT2D eigenvalue weighted by molar-refractivity contribution is 6.03. The van der Waals surface area contributed by atoms with Crippen molar-refractivity contribution in [3.63, 3.8) is 0 Å². The minimum absolute atomic E-state index is 0.0234. The molecule has 0 saturated carbocycles. The van der Waals surface area contributed by atoms with Crippen LogP contribution >= 0.6 is 0 Å². The van der Waals surface area contributed by atoms with E-state index in [0.29, 0.717) is 30.0 Å². The maximum absolute atomic E-state index is 15.9. The predicted molar refractivity (Wildman–Crippen MR) is 190 cm³/mol. The first-order chi connectivity index (χ1) is 23.5. The number of benzene rings is 3. The van der Waals surface area contributed by atoms with Crippen molar-refractivity contribution in [3.05, 3.63) is 70.3 Å². The highest BCUT2D eigenvalue weighted by Crippen LogP contribution is 2.47. The fourth-order valence-electron chi connectivity index (χ4n) is 6.68. The lowest BCUT2D eigenvalue weighted by Gasteiger charge is -2.32. The summed E-state index contributed by atoms with van der Waals surface area (Å²) in [5.74, 6) is -0.251. The first-order valence-electron chi connectivity index (χ1n) is 17.3. The van der Waals surface area contributed by atoms with E-state index in [4.69, 9.17) is 9.47 Å². The molecule has 7 rings (SSSR count). The lowest BCUT2D eigenvalue weighted by molar-refractivity contribution is 0.0378. The molecule has 3 aliphatic heterocycles. The average molecular weight is 659 g/mol. The molecule has 0 aliphatic carbocycles. The van der Waals surface area contributed by atoms with Crippen molar-refractivity contribution >= 4 is 33.3 Å². The summed E-state index contributed by atoms with van der Waals surface area (Å²) in [6, 6.07) is 13.0. The second-order valence-corrected chi connectivity index (χ2v) is 12.4. The lowest BCUT2D eigenvalue weighted by Crippen LogP contribution is -2.45. The van der Waals surface area contributed by atoms with Crippen LogP contribution in [0.1, 0.15) is 37.0 Å². The van der Waals surface area contributed by atoms with E-state index in [1.807, 2.05) is 54.8 Å².